The molecule has 24 heavy (non-hydrogen) atoms. The largest absolute Gasteiger partial charge is 0.493 e. The molecule has 5 nitrogen and oxygen atoms in total. The van der Waals surface area contributed by atoms with Gasteiger partial charge in [-0.3, -0.25) is 0 Å². The third kappa shape index (κ3) is 3.51. The van der Waals surface area contributed by atoms with E-state index in [0.717, 1.165) is 11.1 Å². The molecule has 0 atom stereocenters. The van der Waals surface area contributed by atoms with Gasteiger partial charge in [-0.1, -0.05) is 29.8 Å². The summed E-state index contributed by atoms with van der Waals surface area (Å²) in [4.78, 5) is 11.8. The molecule has 0 spiro atoms. The molecule has 0 unspecified atom stereocenters. The molecule has 5 heteroatoms. The fourth-order valence-corrected chi connectivity index (χ4v) is 2.49. The molecular weight excluding hydrogens is 308 g/mol. The van der Waals surface area contributed by atoms with E-state index in [1.165, 1.54) is 21.3 Å². The zero-order chi connectivity index (χ0) is 17.7. The van der Waals surface area contributed by atoms with Crippen molar-refractivity contribution in [3.63, 3.8) is 0 Å². The fourth-order valence-electron chi connectivity index (χ4n) is 2.49. The summed E-state index contributed by atoms with van der Waals surface area (Å²) in [5.74, 6) is 0.0902. The number of rotatable bonds is 6. The highest BCUT2D eigenvalue weighted by Crippen LogP contribution is 2.42. The van der Waals surface area contributed by atoms with Crippen LogP contribution < -0.4 is 14.2 Å². The van der Waals surface area contributed by atoms with E-state index in [9.17, 15) is 9.90 Å². The predicted molar refractivity (Wildman–Crippen MR) is 92.8 cm³/mol. The summed E-state index contributed by atoms with van der Waals surface area (Å²) in [6, 6.07) is 10.9. The van der Waals surface area contributed by atoms with Crippen LogP contribution in [0.25, 0.3) is 11.6 Å². The Morgan fingerprint density at radius 1 is 1.00 bits per heavy atom. The third-order valence-electron chi connectivity index (χ3n) is 3.58. The lowest BCUT2D eigenvalue weighted by Crippen LogP contribution is -2.04. The number of aryl methyl sites for hydroxylation is 1. The molecule has 0 aliphatic rings. The smallest absolute Gasteiger partial charge is 0.336 e. The second kappa shape index (κ2) is 7.55. The number of carboxylic acid groups (broad SMARTS) is 1. The summed E-state index contributed by atoms with van der Waals surface area (Å²) in [6.07, 6.45) is 1.61. The maximum absolute atomic E-state index is 11.8. The predicted octanol–water partition coefficient (Wildman–Crippen LogP) is 3.65. The van der Waals surface area contributed by atoms with Gasteiger partial charge in [-0.2, -0.15) is 0 Å². The molecule has 0 saturated carbocycles. The van der Waals surface area contributed by atoms with Crippen molar-refractivity contribution in [2.24, 2.45) is 0 Å². The van der Waals surface area contributed by atoms with Crippen molar-refractivity contribution in [1.82, 2.24) is 0 Å². The van der Waals surface area contributed by atoms with Gasteiger partial charge in [-0.05, 0) is 30.7 Å². The van der Waals surface area contributed by atoms with Gasteiger partial charge in [0.15, 0.2) is 11.5 Å². The Hall–Kier alpha value is -2.95. The van der Waals surface area contributed by atoms with E-state index < -0.39 is 5.97 Å². The van der Waals surface area contributed by atoms with Gasteiger partial charge in [0.25, 0.3) is 0 Å². The van der Waals surface area contributed by atoms with E-state index >= 15 is 0 Å². The van der Waals surface area contributed by atoms with Gasteiger partial charge in [0.1, 0.15) is 0 Å². The van der Waals surface area contributed by atoms with Gasteiger partial charge in [0.05, 0.1) is 26.9 Å². The molecule has 0 aromatic heterocycles. The minimum Gasteiger partial charge on any atom is -0.493 e. The number of hydrogen-bond donors (Lipinski definition) is 1. The van der Waals surface area contributed by atoms with Crippen LogP contribution in [0.5, 0.6) is 17.2 Å². The van der Waals surface area contributed by atoms with Gasteiger partial charge >= 0.3 is 5.97 Å². The van der Waals surface area contributed by atoms with Crippen molar-refractivity contribution in [2.75, 3.05) is 21.3 Å². The maximum Gasteiger partial charge on any atom is 0.336 e. The SMILES string of the molecule is COc1ccc(/C(=C/c2cccc(C)c2)C(=O)O)c(OC)c1OC. The molecule has 0 bridgehead atoms. The minimum atomic E-state index is -1.05. The van der Waals surface area contributed by atoms with Gasteiger partial charge in [0.2, 0.25) is 5.75 Å². The second-order valence-corrected chi connectivity index (χ2v) is 5.16. The maximum atomic E-state index is 11.8. The summed E-state index contributed by atoms with van der Waals surface area (Å²) in [7, 11) is 4.46. The molecule has 126 valence electrons. The number of hydrogen-bond acceptors (Lipinski definition) is 4. The summed E-state index contributed by atoms with van der Waals surface area (Å²) in [5, 5.41) is 9.67. The molecular formula is C19H20O5. The van der Waals surface area contributed by atoms with E-state index in [2.05, 4.69) is 0 Å². The number of benzene rings is 2. The van der Waals surface area contributed by atoms with Crippen LogP contribution in [0.3, 0.4) is 0 Å². The van der Waals surface area contributed by atoms with Gasteiger partial charge in [0, 0.05) is 5.56 Å². The first-order valence-electron chi connectivity index (χ1n) is 7.32. The van der Waals surface area contributed by atoms with Crippen molar-refractivity contribution >= 4 is 17.6 Å². The van der Waals surface area contributed by atoms with Crippen LogP contribution in [0.1, 0.15) is 16.7 Å². The van der Waals surface area contributed by atoms with Crippen LogP contribution in [-0.4, -0.2) is 32.4 Å². The summed E-state index contributed by atoms with van der Waals surface area (Å²) < 4.78 is 16.0. The first-order valence-corrected chi connectivity index (χ1v) is 7.32. The van der Waals surface area contributed by atoms with Crippen molar-refractivity contribution < 1.29 is 24.1 Å². The molecule has 1 N–H and O–H groups in total. The lowest BCUT2D eigenvalue weighted by atomic mass is 10.00. The molecule has 2 aromatic rings. The Morgan fingerprint density at radius 3 is 2.25 bits per heavy atom. The lowest BCUT2D eigenvalue weighted by molar-refractivity contribution is -0.130. The average Bonchev–Trinajstić information content (AvgIpc) is 2.58. The van der Waals surface area contributed by atoms with E-state index in [1.54, 1.807) is 18.2 Å². The summed E-state index contributed by atoms with van der Waals surface area (Å²) in [5.41, 5.74) is 2.37. The van der Waals surface area contributed by atoms with Crippen molar-refractivity contribution in [3.8, 4) is 17.2 Å². The molecule has 0 aliphatic heterocycles. The molecule has 0 saturated heterocycles. The van der Waals surface area contributed by atoms with Crippen molar-refractivity contribution in [2.45, 2.75) is 6.92 Å². The van der Waals surface area contributed by atoms with Crippen molar-refractivity contribution in [1.29, 1.82) is 0 Å². The van der Waals surface area contributed by atoms with E-state index in [0.29, 0.717) is 22.8 Å². The van der Waals surface area contributed by atoms with Crippen LogP contribution in [0, 0.1) is 6.92 Å². The highest BCUT2D eigenvalue weighted by molar-refractivity contribution is 6.21. The van der Waals surface area contributed by atoms with Crippen LogP contribution in [0.15, 0.2) is 36.4 Å². The Bertz CT molecular complexity index is 777. The zero-order valence-electron chi connectivity index (χ0n) is 14.1. The summed E-state index contributed by atoms with van der Waals surface area (Å²) >= 11 is 0. The monoisotopic (exact) mass is 328 g/mol. The van der Waals surface area contributed by atoms with Crippen LogP contribution in [0.4, 0.5) is 0 Å². The first-order chi connectivity index (χ1) is 11.5. The van der Waals surface area contributed by atoms with Gasteiger partial charge < -0.3 is 19.3 Å². The average molecular weight is 328 g/mol. The normalized spacial score (nSPS) is 11.1. The molecule has 2 aromatic carbocycles. The number of ether oxygens (including phenoxy) is 3. The Kier molecular flexibility index (Phi) is 5.47. The van der Waals surface area contributed by atoms with E-state index in [1.807, 2.05) is 31.2 Å². The second-order valence-electron chi connectivity index (χ2n) is 5.16. The minimum absolute atomic E-state index is 0.110. The van der Waals surface area contributed by atoms with Crippen LogP contribution in [-0.2, 0) is 4.79 Å². The molecule has 0 heterocycles. The fraction of sp³-hybridized carbons (Fsp3) is 0.211. The lowest BCUT2D eigenvalue weighted by Gasteiger charge is -2.16. The topological polar surface area (TPSA) is 65.0 Å². The number of carboxylic acids is 1. The molecule has 0 aliphatic carbocycles. The molecule has 0 amide bonds. The Balaban J connectivity index is 2.67. The highest BCUT2D eigenvalue weighted by atomic mass is 16.5. The van der Waals surface area contributed by atoms with Crippen LogP contribution in [0.2, 0.25) is 0 Å². The van der Waals surface area contributed by atoms with Gasteiger partial charge in [-0.15, -0.1) is 0 Å². The van der Waals surface area contributed by atoms with E-state index in [4.69, 9.17) is 14.2 Å². The van der Waals surface area contributed by atoms with Gasteiger partial charge in [-0.25, -0.2) is 4.79 Å². The molecule has 0 radical (unpaired) electrons. The van der Waals surface area contributed by atoms with Crippen LogP contribution >= 0.6 is 0 Å². The third-order valence-corrected chi connectivity index (χ3v) is 3.58. The van der Waals surface area contributed by atoms with Crippen molar-refractivity contribution in [3.05, 3.63) is 53.1 Å². The number of methoxy groups -OCH3 is 3. The summed E-state index contributed by atoms with van der Waals surface area (Å²) in [6.45, 7) is 1.95. The number of carbonyl (C=O) groups is 1. The zero-order valence-corrected chi connectivity index (χ0v) is 14.1. The highest BCUT2D eigenvalue weighted by Gasteiger charge is 2.22. The standard InChI is InChI=1S/C19H20O5/c1-12-6-5-7-13(10-12)11-15(19(20)21)14-8-9-16(22-2)18(24-4)17(14)23-3/h5-11H,1-4H3,(H,20,21)/b15-11-. The van der Waals surface area contributed by atoms with E-state index in [-0.39, 0.29) is 5.57 Å². The quantitative estimate of drug-likeness (QED) is 0.648. The Labute approximate surface area is 141 Å². The number of aliphatic carboxylic acids is 1. The Morgan fingerprint density at radius 2 is 1.71 bits per heavy atom. The molecule has 0 fully saturated rings. The first kappa shape index (κ1) is 17.4. The molecule has 2 rings (SSSR count).